The Labute approximate surface area is 171 Å². The molecular weight excluding hydrogens is 374 g/mol. The molecule has 6 heteroatoms. The molecule has 0 aliphatic heterocycles. The van der Waals surface area contributed by atoms with E-state index in [9.17, 15) is 8.42 Å². The van der Waals surface area contributed by atoms with Crippen molar-refractivity contribution in [3.05, 3.63) is 29.8 Å². The van der Waals surface area contributed by atoms with Crippen LogP contribution in [0.25, 0.3) is 0 Å². The van der Waals surface area contributed by atoms with Gasteiger partial charge in [-0.05, 0) is 55.2 Å². The Balaban J connectivity index is 1.78. The van der Waals surface area contributed by atoms with Crippen LogP contribution in [0.2, 0.25) is 0 Å². The van der Waals surface area contributed by atoms with Crippen LogP contribution in [0, 0.1) is 11.3 Å². The Bertz CT molecular complexity index is 691. The standard InChI is InChI=1S/C22H37NO4S/c1-18(23-28(24,25)14-8-13-26-17-22(2,3)4)20-11-7-12-21(15-20)27-16-19-9-5-6-10-19/h7,11-12,15,18-19,23H,5-6,8-10,13-14,16-17H2,1-4H3/t18-/m1/s1. The predicted molar refractivity (Wildman–Crippen MR) is 114 cm³/mol. The summed E-state index contributed by atoms with van der Waals surface area (Å²) in [6.45, 7) is 9.99. The first-order valence-electron chi connectivity index (χ1n) is 10.5. The molecule has 0 saturated heterocycles. The predicted octanol–water partition coefficient (Wildman–Crippen LogP) is 4.69. The molecule has 5 nitrogen and oxygen atoms in total. The summed E-state index contributed by atoms with van der Waals surface area (Å²) in [5.74, 6) is 1.53. The first-order chi connectivity index (χ1) is 13.1. The first kappa shape index (κ1) is 23.2. The van der Waals surface area contributed by atoms with E-state index in [2.05, 4.69) is 25.5 Å². The molecule has 1 fully saturated rings. The number of sulfonamides is 1. The van der Waals surface area contributed by atoms with E-state index in [1.807, 2.05) is 31.2 Å². The van der Waals surface area contributed by atoms with Crippen LogP contribution < -0.4 is 9.46 Å². The van der Waals surface area contributed by atoms with Gasteiger partial charge in [0.2, 0.25) is 10.0 Å². The third kappa shape index (κ3) is 8.93. The smallest absolute Gasteiger partial charge is 0.212 e. The Kier molecular flexibility index (Phi) is 8.78. The highest BCUT2D eigenvalue weighted by atomic mass is 32.2. The van der Waals surface area contributed by atoms with E-state index < -0.39 is 10.0 Å². The highest BCUT2D eigenvalue weighted by molar-refractivity contribution is 7.89. The van der Waals surface area contributed by atoms with E-state index in [0.717, 1.165) is 17.9 Å². The third-order valence-electron chi connectivity index (χ3n) is 4.91. The van der Waals surface area contributed by atoms with Crippen molar-refractivity contribution in [1.29, 1.82) is 0 Å². The zero-order valence-corrected chi connectivity index (χ0v) is 18.7. The fraction of sp³-hybridized carbons (Fsp3) is 0.727. The van der Waals surface area contributed by atoms with Gasteiger partial charge >= 0.3 is 0 Å². The molecule has 160 valence electrons. The summed E-state index contributed by atoms with van der Waals surface area (Å²) < 4.78 is 39.0. The lowest BCUT2D eigenvalue weighted by molar-refractivity contribution is 0.0720. The maximum atomic E-state index is 12.4. The zero-order chi connectivity index (χ0) is 20.6. The van der Waals surface area contributed by atoms with Crippen LogP contribution in [0.4, 0.5) is 0 Å². The molecule has 0 aromatic heterocycles. The van der Waals surface area contributed by atoms with Crippen molar-refractivity contribution < 1.29 is 17.9 Å². The van der Waals surface area contributed by atoms with E-state index in [4.69, 9.17) is 9.47 Å². The highest BCUT2D eigenvalue weighted by Crippen LogP contribution is 2.26. The van der Waals surface area contributed by atoms with Gasteiger partial charge in [0.1, 0.15) is 5.75 Å². The second kappa shape index (κ2) is 10.6. The lowest BCUT2D eigenvalue weighted by Gasteiger charge is -2.18. The van der Waals surface area contributed by atoms with Gasteiger partial charge in [-0.15, -0.1) is 0 Å². The maximum absolute atomic E-state index is 12.4. The van der Waals surface area contributed by atoms with E-state index in [0.29, 0.717) is 25.6 Å². The first-order valence-corrected chi connectivity index (χ1v) is 12.1. The number of hydrogen-bond donors (Lipinski definition) is 1. The minimum absolute atomic E-state index is 0.0688. The molecule has 0 amide bonds. The molecule has 2 rings (SSSR count). The molecule has 1 aromatic carbocycles. The zero-order valence-electron chi connectivity index (χ0n) is 17.9. The normalized spacial score (nSPS) is 17.0. The van der Waals surface area contributed by atoms with Gasteiger partial charge in [-0.25, -0.2) is 13.1 Å². The molecule has 28 heavy (non-hydrogen) atoms. The van der Waals surface area contributed by atoms with E-state index in [-0.39, 0.29) is 17.2 Å². The van der Waals surface area contributed by atoms with Crippen molar-refractivity contribution in [3.63, 3.8) is 0 Å². The van der Waals surface area contributed by atoms with Gasteiger partial charge in [0.05, 0.1) is 19.0 Å². The Morgan fingerprint density at radius 2 is 1.93 bits per heavy atom. The summed E-state index contributed by atoms with van der Waals surface area (Å²) in [6.07, 6.45) is 5.58. The van der Waals surface area contributed by atoms with Gasteiger partial charge < -0.3 is 9.47 Å². The second-order valence-electron chi connectivity index (χ2n) is 9.16. The van der Waals surface area contributed by atoms with Gasteiger partial charge in [0, 0.05) is 12.6 Å². The molecule has 0 radical (unpaired) electrons. The quantitative estimate of drug-likeness (QED) is 0.537. The van der Waals surface area contributed by atoms with Gasteiger partial charge in [-0.2, -0.15) is 0 Å². The van der Waals surface area contributed by atoms with Gasteiger partial charge in [0.15, 0.2) is 0 Å². The summed E-state index contributed by atoms with van der Waals surface area (Å²) in [7, 11) is -3.35. The molecule has 1 aliphatic rings. The number of rotatable bonds is 11. The monoisotopic (exact) mass is 411 g/mol. The molecule has 0 bridgehead atoms. The number of nitrogens with one attached hydrogen (secondary N) is 1. The van der Waals surface area contributed by atoms with Crippen LogP contribution in [0.1, 0.15) is 71.4 Å². The summed E-state index contributed by atoms with van der Waals surface area (Å²) in [5, 5.41) is 0. The molecule has 0 spiro atoms. The lowest BCUT2D eigenvalue weighted by atomic mass is 9.99. The Hall–Kier alpha value is -1.11. The van der Waals surface area contributed by atoms with E-state index in [1.165, 1.54) is 25.7 Å². The average Bonchev–Trinajstić information content (AvgIpc) is 3.12. The fourth-order valence-electron chi connectivity index (χ4n) is 3.39. The summed E-state index contributed by atoms with van der Waals surface area (Å²) in [4.78, 5) is 0. The molecule has 1 N–H and O–H groups in total. The summed E-state index contributed by atoms with van der Waals surface area (Å²) in [5.41, 5.74) is 1.01. The van der Waals surface area contributed by atoms with Gasteiger partial charge in [-0.1, -0.05) is 45.7 Å². The van der Waals surface area contributed by atoms with Crippen molar-refractivity contribution in [2.75, 3.05) is 25.6 Å². The van der Waals surface area contributed by atoms with Crippen molar-refractivity contribution in [2.24, 2.45) is 11.3 Å². The topological polar surface area (TPSA) is 64.6 Å². The summed E-state index contributed by atoms with van der Waals surface area (Å²) >= 11 is 0. The molecule has 1 atom stereocenters. The van der Waals surface area contributed by atoms with Crippen molar-refractivity contribution in [3.8, 4) is 5.75 Å². The largest absolute Gasteiger partial charge is 0.493 e. The lowest BCUT2D eigenvalue weighted by Crippen LogP contribution is -2.29. The Morgan fingerprint density at radius 3 is 2.61 bits per heavy atom. The number of benzene rings is 1. The number of hydrogen-bond acceptors (Lipinski definition) is 4. The Morgan fingerprint density at radius 1 is 1.21 bits per heavy atom. The molecule has 0 heterocycles. The third-order valence-corrected chi connectivity index (χ3v) is 6.45. The molecule has 1 aromatic rings. The molecular formula is C22H37NO4S. The van der Waals surface area contributed by atoms with Crippen molar-refractivity contribution in [2.45, 2.75) is 65.8 Å². The van der Waals surface area contributed by atoms with Crippen LogP contribution in [-0.4, -0.2) is 34.0 Å². The van der Waals surface area contributed by atoms with Crippen LogP contribution in [0.5, 0.6) is 5.75 Å². The fourth-order valence-corrected chi connectivity index (χ4v) is 4.68. The van der Waals surface area contributed by atoms with Crippen LogP contribution in [0.15, 0.2) is 24.3 Å². The summed E-state index contributed by atoms with van der Waals surface area (Å²) in [6, 6.07) is 7.43. The minimum Gasteiger partial charge on any atom is -0.493 e. The van der Waals surface area contributed by atoms with Crippen LogP contribution in [0.3, 0.4) is 0 Å². The minimum atomic E-state index is -3.35. The molecule has 0 unspecified atom stereocenters. The SMILES string of the molecule is C[C@@H](NS(=O)(=O)CCCOCC(C)(C)C)c1cccc(OCC2CCCC2)c1. The van der Waals surface area contributed by atoms with E-state index in [1.54, 1.807) is 0 Å². The van der Waals surface area contributed by atoms with Gasteiger partial charge in [-0.3, -0.25) is 0 Å². The average molecular weight is 412 g/mol. The van der Waals surface area contributed by atoms with Crippen LogP contribution >= 0.6 is 0 Å². The molecule has 1 aliphatic carbocycles. The van der Waals surface area contributed by atoms with Gasteiger partial charge in [0.25, 0.3) is 0 Å². The van der Waals surface area contributed by atoms with Crippen molar-refractivity contribution >= 4 is 10.0 Å². The number of ether oxygens (including phenoxy) is 2. The molecule has 1 saturated carbocycles. The van der Waals surface area contributed by atoms with E-state index >= 15 is 0 Å². The van der Waals surface area contributed by atoms with Crippen molar-refractivity contribution in [1.82, 2.24) is 4.72 Å². The van der Waals surface area contributed by atoms with Crippen LogP contribution in [-0.2, 0) is 14.8 Å². The highest BCUT2D eigenvalue weighted by Gasteiger charge is 2.18. The maximum Gasteiger partial charge on any atom is 0.212 e. The second-order valence-corrected chi connectivity index (χ2v) is 11.0.